The predicted molar refractivity (Wildman–Crippen MR) is 115 cm³/mol. The van der Waals surface area contributed by atoms with E-state index in [1.165, 1.54) is 22.0 Å². The number of nitrogens with one attached hydrogen (secondary N) is 3. The van der Waals surface area contributed by atoms with Gasteiger partial charge in [0.05, 0.1) is 6.61 Å². The minimum Gasteiger partial charge on any atom is -0.478 e. The standard InChI is InChI=1S/C22H29N5O/c1-4-12-28-20-9-8-17(13-26-20)14-27-22(23-3)24-11-10-18-15-25-19-7-5-6-16(2)21(18)19/h5-9,13,15,25H,4,10-12,14H2,1-3H3,(H2,23,24,27). The van der Waals surface area contributed by atoms with E-state index in [4.69, 9.17) is 4.74 Å². The van der Waals surface area contributed by atoms with Crippen LogP contribution in [0.15, 0.2) is 47.7 Å². The Morgan fingerprint density at radius 1 is 1.21 bits per heavy atom. The molecule has 3 rings (SSSR count). The lowest BCUT2D eigenvalue weighted by Gasteiger charge is -2.12. The number of hydrogen-bond acceptors (Lipinski definition) is 3. The van der Waals surface area contributed by atoms with Gasteiger partial charge in [-0.1, -0.05) is 25.1 Å². The molecule has 0 aliphatic rings. The third kappa shape index (κ3) is 5.03. The Balaban J connectivity index is 1.48. The Kier molecular flexibility index (Phi) is 6.89. The monoisotopic (exact) mass is 379 g/mol. The molecule has 0 saturated carbocycles. The molecule has 0 unspecified atom stereocenters. The van der Waals surface area contributed by atoms with Gasteiger partial charge >= 0.3 is 0 Å². The summed E-state index contributed by atoms with van der Waals surface area (Å²) in [5.41, 5.74) is 4.90. The number of aliphatic imine (C=N–C) groups is 1. The number of rotatable bonds is 8. The van der Waals surface area contributed by atoms with Gasteiger partial charge in [0, 0.05) is 49.5 Å². The zero-order valence-corrected chi connectivity index (χ0v) is 16.9. The van der Waals surface area contributed by atoms with Crippen molar-refractivity contribution in [3.8, 4) is 5.88 Å². The van der Waals surface area contributed by atoms with Crippen molar-refractivity contribution in [2.45, 2.75) is 33.2 Å². The molecule has 1 aromatic carbocycles. The van der Waals surface area contributed by atoms with Gasteiger partial charge in [-0.15, -0.1) is 0 Å². The quantitative estimate of drug-likeness (QED) is 0.413. The minimum atomic E-state index is 0.660. The number of ether oxygens (including phenoxy) is 1. The SMILES string of the molecule is CCCOc1ccc(CNC(=NC)NCCc2c[nH]c3cccc(C)c23)cn1. The highest BCUT2D eigenvalue weighted by molar-refractivity contribution is 5.86. The fraction of sp³-hybridized carbons (Fsp3) is 0.364. The first-order valence-electron chi connectivity index (χ1n) is 9.79. The van der Waals surface area contributed by atoms with Crippen LogP contribution in [0.25, 0.3) is 10.9 Å². The maximum Gasteiger partial charge on any atom is 0.213 e. The molecular weight excluding hydrogens is 350 g/mol. The molecule has 0 aliphatic heterocycles. The van der Waals surface area contributed by atoms with Gasteiger partial charge in [0.25, 0.3) is 0 Å². The molecular formula is C22H29N5O. The van der Waals surface area contributed by atoms with Gasteiger partial charge in [-0.05, 0) is 42.5 Å². The highest BCUT2D eigenvalue weighted by Gasteiger charge is 2.06. The lowest BCUT2D eigenvalue weighted by molar-refractivity contribution is 0.305. The fourth-order valence-electron chi connectivity index (χ4n) is 3.18. The summed E-state index contributed by atoms with van der Waals surface area (Å²) in [6.07, 6.45) is 5.84. The van der Waals surface area contributed by atoms with Crippen molar-refractivity contribution in [2.24, 2.45) is 4.99 Å². The number of H-pyrrole nitrogens is 1. The van der Waals surface area contributed by atoms with E-state index in [0.717, 1.165) is 30.9 Å². The summed E-state index contributed by atoms with van der Waals surface area (Å²) in [5, 5.41) is 8.03. The highest BCUT2D eigenvalue weighted by atomic mass is 16.5. The first kappa shape index (κ1) is 19.7. The Bertz CT molecular complexity index is 914. The average molecular weight is 380 g/mol. The normalized spacial score (nSPS) is 11.6. The third-order valence-corrected chi connectivity index (χ3v) is 4.62. The Hall–Kier alpha value is -3.02. The van der Waals surface area contributed by atoms with E-state index in [0.29, 0.717) is 19.0 Å². The van der Waals surface area contributed by atoms with Gasteiger partial charge in [-0.3, -0.25) is 4.99 Å². The number of nitrogens with zero attached hydrogens (tertiary/aromatic N) is 2. The number of aromatic nitrogens is 2. The summed E-state index contributed by atoms with van der Waals surface area (Å²) in [7, 11) is 1.78. The van der Waals surface area contributed by atoms with Crippen LogP contribution in [0.5, 0.6) is 5.88 Å². The molecule has 148 valence electrons. The van der Waals surface area contributed by atoms with Crippen molar-refractivity contribution in [2.75, 3.05) is 20.2 Å². The molecule has 28 heavy (non-hydrogen) atoms. The summed E-state index contributed by atoms with van der Waals surface area (Å²) in [6.45, 7) is 6.39. The van der Waals surface area contributed by atoms with Gasteiger partial charge in [0.1, 0.15) is 0 Å². The molecule has 0 bridgehead atoms. The molecule has 6 nitrogen and oxygen atoms in total. The van der Waals surface area contributed by atoms with Gasteiger partial charge in [0.15, 0.2) is 5.96 Å². The van der Waals surface area contributed by atoms with E-state index in [-0.39, 0.29) is 0 Å². The maximum atomic E-state index is 5.51. The summed E-state index contributed by atoms with van der Waals surface area (Å²) < 4.78 is 5.51. The Morgan fingerprint density at radius 3 is 2.86 bits per heavy atom. The molecule has 0 fully saturated rings. The van der Waals surface area contributed by atoms with Crippen LogP contribution in [0.1, 0.15) is 30.0 Å². The Labute approximate surface area is 166 Å². The van der Waals surface area contributed by atoms with E-state index < -0.39 is 0 Å². The second kappa shape index (κ2) is 9.78. The van der Waals surface area contributed by atoms with Gasteiger partial charge in [0.2, 0.25) is 5.88 Å². The zero-order valence-electron chi connectivity index (χ0n) is 16.9. The van der Waals surface area contributed by atoms with Gasteiger partial charge in [-0.25, -0.2) is 4.98 Å². The summed E-state index contributed by atoms with van der Waals surface area (Å²) in [5.74, 6) is 1.45. The molecule has 6 heteroatoms. The average Bonchev–Trinajstić information content (AvgIpc) is 3.14. The first-order chi connectivity index (χ1) is 13.7. The molecule has 0 amide bonds. The van der Waals surface area contributed by atoms with E-state index in [2.05, 4.69) is 63.8 Å². The number of guanidine groups is 1. The summed E-state index contributed by atoms with van der Waals surface area (Å²) in [6, 6.07) is 10.3. The van der Waals surface area contributed by atoms with Crippen LogP contribution in [0.2, 0.25) is 0 Å². The number of hydrogen-bond donors (Lipinski definition) is 3. The molecule has 3 N–H and O–H groups in total. The van der Waals surface area contributed by atoms with Crippen molar-refractivity contribution in [3.05, 3.63) is 59.4 Å². The molecule has 0 saturated heterocycles. The molecule has 0 aliphatic carbocycles. The van der Waals surface area contributed by atoms with Crippen LogP contribution < -0.4 is 15.4 Å². The van der Waals surface area contributed by atoms with Gasteiger partial charge in [-0.2, -0.15) is 0 Å². The number of benzene rings is 1. The zero-order chi connectivity index (χ0) is 19.8. The molecule has 3 aromatic rings. The van der Waals surface area contributed by atoms with E-state index in [1.54, 1.807) is 7.05 Å². The molecule has 2 aromatic heterocycles. The van der Waals surface area contributed by atoms with Crippen molar-refractivity contribution in [1.29, 1.82) is 0 Å². The molecule has 0 radical (unpaired) electrons. The minimum absolute atomic E-state index is 0.660. The predicted octanol–water partition coefficient (Wildman–Crippen LogP) is 3.57. The molecule has 2 heterocycles. The van der Waals surface area contributed by atoms with Crippen molar-refractivity contribution >= 4 is 16.9 Å². The van der Waals surface area contributed by atoms with Crippen LogP contribution in [-0.2, 0) is 13.0 Å². The van der Waals surface area contributed by atoms with Crippen LogP contribution in [0.3, 0.4) is 0 Å². The van der Waals surface area contributed by atoms with Crippen molar-refractivity contribution < 1.29 is 4.74 Å². The lowest BCUT2D eigenvalue weighted by Crippen LogP contribution is -2.37. The van der Waals surface area contributed by atoms with Crippen molar-refractivity contribution in [3.63, 3.8) is 0 Å². The summed E-state index contributed by atoms with van der Waals surface area (Å²) in [4.78, 5) is 12.0. The van der Waals surface area contributed by atoms with Crippen LogP contribution >= 0.6 is 0 Å². The van der Waals surface area contributed by atoms with Crippen LogP contribution in [0, 0.1) is 6.92 Å². The number of fused-ring (bicyclic) bond motifs is 1. The van der Waals surface area contributed by atoms with E-state index in [9.17, 15) is 0 Å². The summed E-state index contributed by atoms with van der Waals surface area (Å²) >= 11 is 0. The number of pyridine rings is 1. The topological polar surface area (TPSA) is 74.3 Å². The first-order valence-corrected chi connectivity index (χ1v) is 9.79. The fourth-order valence-corrected chi connectivity index (χ4v) is 3.18. The maximum absolute atomic E-state index is 5.51. The second-order valence-electron chi connectivity index (χ2n) is 6.77. The van der Waals surface area contributed by atoms with E-state index >= 15 is 0 Å². The third-order valence-electron chi connectivity index (χ3n) is 4.62. The highest BCUT2D eigenvalue weighted by Crippen LogP contribution is 2.22. The molecule has 0 atom stereocenters. The van der Waals surface area contributed by atoms with Gasteiger partial charge < -0.3 is 20.4 Å². The van der Waals surface area contributed by atoms with Crippen LogP contribution in [-0.4, -0.2) is 36.1 Å². The smallest absolute Gasteiger partial charge is 0.213 e. The number of aryl methyl sites for hydroxylation is 1. The van der Waals surface area contributed by atoms with E-state index in [1.807, 2.05) is 18.3 Å². The largest absolute Gasteiger partial charge is 0.478 e. The van der Waals surface area contributed by atoms with Crippen molar-refractivity contribution in [1.82, 2.24) is 20.6 Å². The molecule has 0 spiro atoms. The lowest BCUT2D eigenvalue weighted by atomic mass is 10.1. The second-order valence-corrected chi connectivity index (χ2v) is 6.77. The number of aromatic amines is 1. The Morgan fingerprint density at radius 2 is 2.11 bits per heavy atom. The van der Waals surface area contributed by atoms with Crippen LogP contribution in [0.4, 0.5) is 0 Å².